The Morgan fingerprint density at radius 3 is 2.67 bits per heavy atom. The molecule has 0 aromatic carbocycles. The molecule has 0 amide bonds. The van der Waals surface area contributed by atoms with Crippen LogP contribution in [-0.2, 0) is 0 Å². The highest BCUT2D eigenvalue weighted by Crippen LogP contribution is 2.21. The molecule has 3 unspecified atom stereocenters. The molecule has 3 nitrogen and oxygen atoms in total. The van der Waals surface area contributed by atoms with Gasteiger partial charge in [0, 0.05) is 25.2 Å². The van der Waals surface area contributed by atoms with Gasteiger partial charge in [0.05, 0.1) is 12.5 Å². The fourth-order valence-corrected chi connectivity index (χ4v) is 1.72. The fraction of sp³-hybridized carbons (Fsp3) is 1.00. The molecule has 1 rings (SSSR count). The molecule has 0 radical (unpaired) electrons. The summed E-state index contributed by atoms with van der Waals surface area (Å²) >= 11 is 0. The van der Waals surface area contributed by atoms with Crippen molar-refractivity contribution in [3.8, 4) is 0 Å². The third kappa shape index (κ3) is 5.34. The second kappa shape index (κ2) is 5.14. The van der Waals surface area contributed by atoms with Crippen LogP contribution in [0.2, 0.25) is 0 Å². The Balaban J connectivity index is 2.14. The summed E-state index contributed by atoms with van der Waals surface area (Å²) in [7, 11) is 0. The van der Waals surface area contributed by atoms with E-state index in [4.69, 9.17) is 0 Å². The van der Waals surface area contributed by atoms with Crippen molar-refractivity contribution in [2.24, 2.45) is 0 Å². The molecule has 1 heterocycles. The smallest absolute Gasteiger partial charge is 0.390 e. The van der Waals surface area contributed by atoms with E-state index in [1.54, 1.807) is 0 Å². The van der Waals surface area contributed by atoms with Crippen LogP contribution in [0.15, 0.2) is 0 Å². The lowest BCUT2D eigenvalue weighted by Crippen LogP contribution is -2.40. The van der Waals surface area contributed by atoms with Crippen molar-refractivity contribution in [2.75, 3.05) is 13.1 Å². The second-order valence-electron chi connectivity index (χ2n) is 4.12. The number of β-amino-alcohol motifs (C(OH)–C–C–N with tert-alkyl or cyclic N) is 1. The second-order valence-corrected chi connectivity index (χ2v) is 4.12. The molecule has 0 aliphatic carbocycles. The van der Waals surface area contributed by atoms with Crippen LogP contribution in [0.3, 0.4) is 0 Å². The van der Waals surface area contributed by atoms with Gasteiger partial charge in [-0.2, -0.15) is 13.2 Å². The normalized spacial score (nSPS) is 29.4. The number of halogens is 3. The lowest BCUT2D eigenvalue weighted by Gasteiger charge is -2.18. The first-order chi connectivity index (χ1) is 6.87. The van der Waals surface area contributed by atoms with E-state index in [0.29, 0.717) is 19.5 Å². The van der Waals surface area contributed by atoms with Gasteiger partial charge in [0.15, 0.2) is 0 Å². The standard InChI is InChI=1S/C9H17F3N2O/c1-6(3-9(10,11)12)13-4-7-2-8(15)5-14-7/h6-8,13-15H,2-5H2,1H3. The van der Waals surface area contributed by atoms with Crippen molar-refractivity contribution in [3.63, 3.8) is 0 Å². The van der Waals surface area contributed by atoms with Gasteiger partial charge in [-0.3, -0.25) is 0 Å². The summed E-state index contributed by atoms with van der Waals surface area (Å²) in [6, 6.07) is -0.500. The molecule has 3 atom stereocenters. The van der Waals surface area contributed by atoms with Crippen molar-refractivity contribution >= 4 is 0 Å². The number of aliphatic hydroxyl groups excluding tert-OH is 1. The van der Waals surface area contributed by atoms with E-state index in [-0.39, 0.29) is 12.1 Å². The average Bonchev–Trinajstić information content (AvgIpc) is 2.45. The van der Waals surface area contributed by atoms with Crippen LogP contribution in [0.25, 0.3) is 0 Å². The lowest BCUT2D eigenvalue weighted by atomic mass is 10.1. The molecule has 1 aliphatic rings. The van der Waals surface area contributed by atoms with Crippen molar-refractivity contribution < 1.29 is 18.3 Å². The highest BCUT2D eigenvalue weighted by atomic mass is 19.4. The van der Waals surface area contributed by atoms with Crippen LogP contribution < -0.4 is 10.6 Å². The molecule has 90 valence electrons. The van der Waals surface area contributed by atoms with E-state index in [2.05, 4.69) is 10.6 Å². The first-order valence-corrected chi connectivity index (χ1v) is 5.08. The van der Waals surface area contributed by atoms with Crippen molar-refractivity contribution in [3.05, 3.63) is 0 Å². The van der Waals surface area contributed by atoms with E-state index < -0.39 is 18.6 Å². The predicted molar refractivity (Wildman–Crippen MR) is 50.6 cm³/mol. The molecule has 0 bridgehead atoms. The maximum absolute atomic E-state index is 12.0. The molecule has 1 aliphatic heterocycles. The number of aliphatic hydroxyl groups is 1. The fourth-order valence-electron chi connectivity index (χ4n) is 1.72. The van der Waals surface area contributed by atoms with Crippen LogP contribution in [-0.4, -0.2) is 42.6 Å². The highest BCUT2D eigenvalue weighted by molar-refractivity contribution is 4.83. The number of alkyl halides is 3. The molecule has 15 heavy (non-hydrogen) atoms. The van der Waals surface area contributed by atoms with E-state index >= 15 is 0 Å². The van der Waals surface area contributed by atoms with Gasteiger partial charge >= 0.3 is 6.18 Å². The summed E-state index contributed by atoms with van der Waals surface area (Å²) in [6.07, 6.45) is -4.70. The molecule has 1 fully saturated rings. The Labute approximate surface area is 87.0 Å². The van der Waals surface area contributed by atoms with Crippen molar-refractivity contribution in [1.82, 2.24) is 10.6 Å². The zero-order valence-electron chi connectivity index (χ0n) is 8.64. The van der Waals surface area contributed by atoms with Crippen molar-refractivity contribution in [2.45, 2.75) is 44.1 Å². The molecule has 0 spiro atoms. The summed E-state index contributed by atoms with van der Waals surface area (Å²) in [6.45, 7) is 2.51. The van der Waals surface area contributed by atoms with E-state index in [1.807, 2.05) is 0 Å². The first kappa shape index (κ1) is 12.7. The van der Waals surface area contributed by atoms with Crippen LogP contribution >= 0.6 is 0 Å². The molecule has 0 saturated carbocycles. The molecular weight excluding hydrogens is 209 g/mol. The Bertz CT molecular complexity index is 198. The number of rotatable bonds is 4. The van der Waals surface area contributed by atoms with Gasteiger partial charge in [0.2, 0.25) is 0 Å². The topological polar surface area (TPSA) is 44.3 Å². The Morgan fingerprint density at radius 1 is 1.53 bits per heavy atom. The number of hydrogen-bond donors (Lipinski definition) is 3. The van der Waals surface area contributed by atoms with Gasteiger partial charge in [-0.1, -0.05) is 0 Å². The minimum absolute atomic E-state index is 0.0793. The maximum Gasteiger partial charge on any atom is 0.390 e. The van der Waals surface area contributed by atoms with Crippen LogP contribution in [0.5, 0.6) is 0 Å². The van der Waals surface area contributed by atoms with Gasteiger partial charge in [-0.15, -0.1) is 0 Å². The molecular formula is C9H17F3N2O. The number of nitrogens with one attached hydrogen (secondary N) is 2. The van der Waals surface area contributed by atoms with Gasteiger partial charge in [-0.05, 0) is 13.3 Å². The van der Waals surface area contributed by atoms with Crippen LogP contribution in [0, 0.1) is 0 Å². The number of hydrogen-bond acceptors (Lipinski definition) is 3. The quantitative estimate of drug-likeness (QED) is 0.659. The SMILES string of the molecule is CC(CC(F)(F)F)NCC1CC(O)CN1. The van der Waals surface area contributed by atoms with Gasteiger partial charge in [-0.25, -0.2) is 0 Å². The summed E-state index contributed by atoms with van der Waals surface area (Å²) in [4.78, 5) is 0. The monoisotopic (exact) mass is 226 g/mol. The van der Waals surface area contributed by atoms with Crippen LogP contribution in [0.4, 0.5) is 13.2 Å². The van der Waals surface area contributed by atoms with Gasteiger partial charge in [0.1, 0.15) is 0 Å². The summed E-state index contributed by atoms with van der Waals surface area (Å²) < 4.78 is 35.9. The van der Waals surface area contributed by atoms with Gasteiger partial charge < -0.3 is 15.7 Å². The Kier molecular flexibility index (Phi) is 4.36. The average molecular weight is 226 g/mol. The largest absolute Gasteiger partial charge is 0.392 e. The molecule has 1 saturated heterocycles. The van der Waals surface area contributed by atoms with E-state index in [0.717, 1.165) is 0 Å². The summed E-state index contributed by atoms with van der Waals surface area (Å²) in [5, 5.41) is 15.0. The summed E-state index contributed by atoms with van der Waals surface area (Å²) in [5.74, 6) is 0. The van der Waals surface area contributed by atoms with E-state index in [1.165, 1.54) is 6.92 Å². The minimum Gasteiger partial charge on any atom is -0.392 e. The molecule has 0 aromatic rings. The third-order valence-corrected chi connectivity index (χ3v) is 2.45. The molecule has 3 N–H and O–H groups in total. The zero-order chi connectivity index (χ0) is 11.5. The Morgan fingerprint density at radius 2 is 2.20 bits per heavy atom. The predicted octanol–water partition coefficient (Wildman–Crippen LogP) is 0.640. The zero-order valence-corrected chi connectivity index (χ0v) is 8.64. The van der Waals surface area contributed by atoms with Crippen molar-refractivity contribution in [1.29, 1.82) is 0 Å². The van der Waals surface area contributed by atoms with E-state index in [9.17, 15) is 18.3 Å². The maximum atomic E-state index is 12.0. The highest BCUT2D eigenvalue weighted by Gasteiger charge is 2.30. The third-order valence-electron chi connectivity index (χ3n) is 2.45. The molecule has 0 aromatic heterocycles. The van der Waals surface area contributed by atoms with Crippen LogP contribution in [0.1, 0.15) is 19.8 Å². The Hall–Kier alpha value is -0.330. The van der Waals surface area contributed by atoms with Gasteiger partial charge in [0.25, 0.3) is 0 Å². The minimum atomic E-state index is -4.12. The first-order valence-electron chi connectivity index (χ1n) is 5.08. The summed E-state index contributed by atoms with van der Waals surface area (Å²) in [5.41, 5.74) is 0. The lowest BCUT2D eigenvalue weighted by molar-refractivity contribution is -0.139. The molecule has 6 heteroatoms.